The summed E-state index contributed by atoms with van der Waals surface area (Å²) in [7, 11) is 0. The van der Waals surface area contributed by atoms with Crippen LogP contribution in [-0.2, 0) is 0 Å². The lowest BCUT2D eigenvalue weighted by Crippen LogP contribution is -2.11. The zero-order valence-electron chi connectivity index (χ0n) is 9.84. The lowest BCUT2D eigenvalue weighted by Gasteiger charge is -2.06. The number of aromatic hydroxyl groups is 2. The van der Waals surface area contributed by atoms with E-state index in [-0.39, 0.29) is 23.0 Å². The summed E-state index contributed by atoms with van der Waals surface area (Å²) in [5.41, 5.74) is 1.96. The number of phenolic OH excluding ortho intramolecular Hbond substituents is 2. The number of carbonyl (C=O) groups excluding carboxylic acids is 1. The fraction of sp³-hybridized carbons (Fsp3) is 0.0714. The Morgan fingerprint density at radius 3 is 2.11 bits per heavy atom. The summed E-state index contributed by atoms with van der Waals surface area (Å²) in [5, 5.41) is 21.3. The maximum Gasteiger partial charge on any atom is 0.255 e. The number of amides is 1. The second kappa shape index (κ2) is 4.79. The molecule has 0 saturated carbocycles. The largest absolute Gasteiger partial charge is 0.508 e. The number of anilines is 1. The van der Waals surface area contributed by atoms with Crippen molar-refractivity contribution < 1.29 is 15.0 Å². The van der Waals surface area contributed by atoms with Crippen molar-refractivity contribution in [1.29, 1.82) is 0 Å². The van der Waals surface area contributed by atoms with Crippen molar-refractivity contribution in [2.24, 2.45) is 0 Å². The van der Waals surface area contributed by atoms with E-state index in [1.165, 1.54) is 18.2 Å². The predicted molar refractivity (Wildman–Crippen MR) is 68.9 cm³/mol. The van der Waals surface area contributed by atoms with Gasteiger partial charge in [0, 0.05) is 17.3 Å². The number of benzene rings is 2. The van der Waals surface area contributed by atoms with Crippen LogP contribution in [0.15, 0.2) is 42.5 Å². The van der Waals surface area contributed by atoms with Crippen molar-refractivity contribution >= 4 is 11.6 Å². The molecule has 2 aromatic rings. The van der Waals surface area contributed by atoms with E-state index in [0.717, 1.165) is 5.56 Å². The Bertz CT molecular complexity index is 556. The summed E-state index contributed by atoms with van der Waals surface area (Å²) in [6, 6.07) is 11.1. The molecule has 0 aliphatic rings. The molecule has 0 spiro atoms. The van der Waals surface area contributed by atoms with Gasteiger partial charge in [0.05, 0.1) is 0 Å². The molecule has 0 fully saturated rings. The second-order valence-corrected chi connectivity index (χ2v) is 4.06. The molecule has 4 heteroatoms. The van der Waals surface area contributed by atoms with Gasteiger partial charge in [-0.3, -0.25) is 4.79 Å². The van der Waals surface area contributed by atoms with Crippen LogP contribution in [0.25, 0.3) is 0 Å². The summed E-state index contributed by atoms with van der Waals surface area (Å²) in [4.78, 5) is 11.9. The van der Waals surface area contributed by atoms with Crippen LogP contribution >= 0.6 is 0 Å². The zero-order valence-corrected chi connectivity index (χ0v) is 9.84. The second-order valence-electron chi connectivity index (χ2n) is 4.06. The molecule has 2 aromatic carbocycles. The Morgan fingerprint density at radius 1 is 1.00 bits per heavy atom. The molecule has 2 rings (SSSR count). The van der Waals surface area contributed by atoms with E-state index in [1.54, 1.807) is 12.1 Å². The van der Waals surface area contributed by atoms with Crippen LogP contribution < -0.4 is 5.32 Å². The van der Waals surface area contributed by atoms with Crippen molar-refractivity contribution in [2.45, 2.75) is 6.92 Å². The maximum atomic E-state index is 11.9. The molecule has 0 aromatic heterocycles. The van der Waals surface area contributed by atoms with Gasteiger partial charge in [-0.2, -0.15) is 0 Å². The summed E-state index contributed by atoms with van der Waals surface area (Å²) >= 11 is 0. The van der Waals surface area contributed by atoms with Gasteiger partial charge in [0.25, 0.3) is 5.91 Å². The number of hydrogen-bond donors (Lipinski definition) is 3. The van der Waals surface area contributed by atoms with Gasteiger partial charge in [0.1, 0.15) is 11.5 Å². The van der Waals surface area contributed by atoms with E-state index in [4.69, 9.17) is 0 Å². The third-order valence-corrected chi connectivity index (χ3v) is 2.47. The molecule has 0 bridgehead atoms. The zero-order chi connectivity index (χ0) is 13.1. The summed E-state index contributed by atoms with van der Waals surface area (Å²) < 4.78 is 0. The van der Waals surface area contributed by atoms with Gasteiger partial charge in [-0.15, -0.1) is 0 Å². The van der Waals surface area contributed by atoms with Crippen molar-refractivity contribution in [2.75, 3.05) is 5.32 Å². The Balaban J connectivity index is 2.19. The van der Waals surface area contributed by atoms with Gasteiger partial charge in [0.2, 0.25) is 0 Å². The molecule has 4 nitrogen and oxygen atoms in total. The topological polar surface area (TPSA) is 69.6 Å². The first-order valence-corrected chi connectivity index (χ1v) is 5.45. The van der Waals surface area contributed by atoms with Gasteiger partial charge < -0.3 is 15.5 Å². The smallest absolute Gasteiger partial charge is 0.255 e. The fourth-order valence-corrected chi connectivity index (χ4v) is 1.57. The van der Waals surface area contributed by atoms with Gasteiger partial charge >= 0.3 is 0 Å². The van der Waals surface area contributed by atoms with Crippen LogP contribution in [0.2, 0.25) is 0 Å². The third-order valence-electron chi connectivity index (χ3n) is 2.47. The maximum absolute atomic E-state index is 11.9. The Hall–Kier alpha value is -2.49. The molecule has 0 aliphatic carbocycles. The summed E-state index contributed by atoms with van der Waals surface area (Å²) in [6.07, 6.45) is 0. The van der Waals surface area contributed by atoms with E-state index in [0.29, 0.717) is 5.69 Å². The first-order chi connectivity index (χ1) is 8.54. The Kier molecular flexibility index (Phi) is 3.19. The molecule has 0 atom stereocenters. The lowest BCUT2D eigenvalue weighted by atomic mass is 10.1. The molecule has 0 radical (unpaired) electrons. The number of carbonyl (C=O) groups is 1. The van der Waals surface area contributed by atoms with Gasteiger partial charge in [-0.1, -0.05) is 17.7 Å². The van der Waals surface area contributed by atoms with E-state index < -0.39 is 0 Å². The molecular weight excluding hydrogens is 230 g/mol. The predicted octanol–water partition coefficient (Wildman–Crippen LogP) is 2.66. The van der Waals surface area contributed by atoms with E-state index in [2.05, 4.69) is 5.32 Å². The Labute approximate surface area is 105 Å². The standard InChI is InChI=1S/C14H13NO3/c1-9-2-4-11(5-3-9)15-14(18)10-6-12(16)8-13(17)7-10/h2-8,16-17H,1H3,(H,15,18). The van der Waals surface area contributed by atoms with E-state index in [9.17, 15) is 15.0 Å². The molecule has 92 valence electrons. The molecule has 0 unspecified atom stereocenters. The highest BCUT2D eigenvalue weighted by atomic mass is 16.3. The SMILES string of the molecule is Cc1ccc(NC(=O)c2cc(O)cc(O)c2)cc1. The quantitative estimate of drug-likeness (QED) is 0.759. The van der Waals surface area contributed by atoms with Gasteiger partial charge in [0.15, 0.2) is 0 Å². The number of nitrogens with one attached hydrogen (secondary N) is 1. The molecule has 0 aliphatic heterocycles. The average molecular weight is 243 g/mol. The molecule has 0 saturated heterocycles. The van der Waals surface area contributed by atoms with Crippen LogP contribution in [0.1, 0.15) is 15.9 Å². The van der Waals surface area contributed by atoms with E-state index >= 15 is 0 Å². The van der Waals surface area contributed by atoms with Crippen LogP contribution in [0.5, 0.6) is 11.5 Å². The van der Waals surface area contributed by atoms with Crippen LogP contribution in [-0.4, -0.2) is 16.1 Å². The third kappa shape index (κ3) is 2.79. The molecular formula is C14H13NO3. The molecule has 0 heterocycles. The van der Waals surface area contributed by atoms with Gasteiger partial charge in [-0.25, -0.2) is 0 Å². The minimum atomic E-state index is -0.384. The highest BCUT2D eigenvalue weighted by Crippen LogP contribution is 2.21. The molecule has 18 heavy (non-hydrogen) atoms. The normalized spacial score (nSPS) is 10.1. The van der Waals surface area contributed by atoms with E-state index in [1.807, 2.05) is 19.1 Å². The van der Waals surface area contributed by atoms with Crippen LogP contribution in [0.3, 0.4) is 0 Å². The number of aryl methyl sites for hydroxylation is 1. The highest BCUT2D eigenvalue weighted by Gasteiger charge is 2.08. The van der Waals surface area contributed by atoms with Crippen LogP contribution in [0, 0.1) is 6.92 Å². The first-order valence-electron chi connectivity index (χ1n) is 5.45. The molecule has 3 N–H and O–H groups in total. The van der Waals surface area contributed by atoms with Crippen molar-refractivity contribution in [1.82, 2.24) is 0 Å². The van der Waals surface area contributed by atoms with Gasteiger partial charge in [-0.05, 0) is 31.2 Å². The van der Waals surface area contributed by atoms with Crippen LogP contribution in [0.4, 0.5) is 5.69 Å². The van der Waals surface area contributed by atoms with Crippen molar-refractivity contribution in [3.05, 3.63) is 53.6 Å². The summed E-state index contributed by atoms with van der Waals surface area (Å²) in [6.45, 7) is 1.96. The number of hydrogen-bond acceptors (Lipinski definition) is 3. The lowest BCUT2D eigenvalue weighted by molar-refractivity contribution is 0.102. The minimum Gasteiger partial charge on any atom is -0.508 e. The Morgan fingerprint density at radius 2 is 1.56 bits per heavy atom. The highest BCUT2D eigenvalue weighted by molar-refractivity contribution is 6.04. The average Bonchev–Trinajstić information content (AvgIpc) is 2.31. The number of phenols is 2. The fourth-order valence-electron chi connectivity index (χ4n) is 1.57. The minimum absolute atomic E-state index is 0.149. The van der Waals surface area contributed by atoms with Crippen molar-refractivity contribution in [3.8, 4) is 11.5 Å². The van der Waals surface area contributed by atoms with Crippen molar-refractivity contribution in [3.63, 3.8) is 0 Å². The molecule has 1 amide bonds. The number of rotatable bonds is 2. The monoisotopic (exact) mass is 243 g/mol. The first kappa shape index (κ1) is 12.0. The summed E-state index contributed by atoms with van der Waals surface area (Å²) in [5.74, 6) is -0.682.